The van der Waals surface area contributed by atoms with E-state index in [1.54, 1.807) is 0 Å². The number of hydrogen-bond acceptors (Lipinski definition) is 6. The third-order valence-corrected chi connectivity index (χ3v) is 4.99. The van der Waals surface area contributed by atoms with E-state index in [1.807, 2.05) is 19.0 Å². The van der Waals surface area contributed by atoms with E-state index in [0.29, 0.717) is 0 Å². The van der Waals surface area contributed by atoms with Crippen molar-refractivity contribution in [3.63, 3.8) is 0 Å². The summed E-state index contributed by atoms with van der Waals surface area (Å²) in [5.41, 5.74) is 4.89. The number of rotatable bonds is 2. The Hall–Kier alpha value is -2.15. The van der Waals surface area contributed by atoms with Gasteiger partial charge >= 0.3 is 0 Å². The molecule has 0 radical (unpaired) electrons. The molecule has 2 aliphatic heterocycles. The minimum atomic E-state index is 0.810. The average molecular weight is 341 g/mol. The monoisotopic (exact) mass is 341 g/mol. The molecule has 0 fully saturated rings. The maximum absolute atomic E-state index is 4.96. The lowest BCUT2D eigenvalue weighted by Crippen LogP contribution is -2.27. The highest BCUT2D eigenvalue weighted by molar-refractivity contribution is 5.54. The van der Waals surface area contributed by atoms with Crippen LogP contribution in [-0.2, 0) is 25.9 Å². The Morgan fingerprint density at radius 2 is 1.96 bits per heavy atom. The first-order chi connectivity index (χ1) is 12.1. The second-order valence-electron chi connectivity index (χ2n) is 7.19. The van der Waals surface area contributed by atoms with Crippen molar-refractivity contribution in [1.82, 2.24) is 25.1 Å². The van der Waals surface area contributed by atoms with Gasteiger partial charge < -0.3 is 15.1 Å². The Kier molecular flexibility index (Phi) is 4.33. The smallest absolute Gasteiger partial charge is 0.227 e. The van der Waals surface area contributed by atoms with Crippen LogP contribution in [0.5, 0.6) is 0 Å². The van der Waals surface area contributed by atoms with Crippen LogP contribution in [0, 0.1) is 6.92 Å². The molecule has 2 aromatic rings. The maximum atomic E-state index is 4.96. The summed E-state index contributed by atoms with van der Waals surface area (Å²) in [4.78, 5) is 14.2. The molecule has 134 valence electrons. The number of fused-ring (bicyclic) bond motifs is 2. The van der Waals surface area contributed by atoms with Crippen LogP contribution >= 0.6 is 0 Å². The average Bonchev–Trinajstić information content (AvgIpc) is 2.77. The van der Waals surface area contributed by atoms with Crippen LogP contribution in [0.15, 0.2) is 6.07 Å². The third kappa shape index (κ3) is 3.20. The molecule has 7 nitrogen and oxygen atoms in total. The molecule has 1 N–H and O–H groups in total. The molecule has 4 rings (SSSR count). The molecule has 4 heterocycles. The van der Waals surface area contributed by atoms with Gasteiger partial charge in [0.1, 0.15) is 5.82 Å². The van der Waals surface area contributed by atoms with Crippen molar-refractivity contribution in [3.05, 3.63) is 28.7 Å². The molecule has 0 spiro atoms. The minimum Gasteiger partial charge on any atom is -0.350 e. The SMILES string of the molecule is Cc1cc2n(n1)CCCN(c1nc(N(C)C)nc3c1CCNCC3)C2. The summed E-state index contributed by atoms with van der Waals surface area (Å²) >= 11 is 0. The quantitative estimate of drug-likeness (QED) is 0.884. The van der Waals surface area contributed by atoms with E-state index in [0.717, 1.165) is 69.4 Å². The molecule has 0 saturated carbocycles. The van der Waals surface area contributed by atoms with Gasteiger partial charge in [-0.05, 0) is 32.4 Å². The Morgan fingerprint density at radius 3 is 2.80 bits per heavy atom. The maximum Gasteiger partial charge on any atom is 0.227 e. The first-order valence-corrected chi connectivity index (χ1v) is 9.18. The van der Waals surface area contributed by atoms with Gasteiger partial charge in [-0.3, -0.25) is 4.68 Å². The summed E-state index contributed by atoms with van der Waals surface area (Å²) in [7, 11) is 4.03. The number of aryl methyl sites for hydroxylation is 2. The van der Waals surface area contributed by atoms with Crippen LogP contribution in [0.25, 0.3) is 0 Å². The van der Waals surface area contributed by atoms with Crippen molar-refractivity contribution >= 4 is 11.8 Å². The molecule has 0 bridgehead atoms. The Bertz CT molecular complexity index is 765. The van der Waals surface area contributed by atoms with E-state index < -0.39 is 0 Å². The van der Waals surface area contributed by atoms with Gasteiger partial charge in [0, 0.05) is 45.7 Å². The molecule has 0 aromatic carbocycles. The predicted octanol–water partition coefficient (Wildman–Crippen LogP) is 1.15. The van der Waals surface area contributed by atoms with Gasteiger partial charge in [-0.2, -0.15) is 10.1 Å². The standard InChI is InChI=1S/C18H27N7/c1-13-11-14-12-24(9-4-10-25(14)22-13)17-15-5-7-19-8-6-16(15)20-18(21-17)23(2)3/h11,19H,4-10,12H2,1-3H3. The first kappa shape index (κ1) is 16.3. The van der Waals surface area contributed by atoms with Gasteiger partial charge in [-0.25, -0.2) is 4.98 Å². The van der Waals surface area contributed by atoms with E-state index in [4.69, 9.17) is 9.97 Å². The topological polar surface area (TPSA) is 62.1 Å². The van der Waals surface area contributed by atoms with Crippen molar-refractivity contribution < 1.29 is 0 Å². The molecule has 0 saturated heterocycles. The molecule has 0 amide bonds. The zero-order valence-corrected chi connectivity index (χ0v) is 15.4. The van der Waals surface area contributed by atoms with Crippen LogP contribution < -0.4 is 15.1 Å². The van der Waals surface area contributed by atoms with Crippen molar-refractivity contribution in [3.8, 4) is 0 Å². The summed E-state index contributed by atoms with van der Waals surface area (Å²) in [6, 6.07) is 2.20. The van der Waals surface area contributed by atoms with Crippen molar-refractivity contribution in [1.29, 1.82) is 0 Å². The second kappa shape index (κ2) is 6.63. The van der Waals surface area contributed by atoms with E-state index in [-0.39, 0.29) is 0 Å². The van der Waals surface area contributed by atoms with Crippen LogP contribution in [0.1, 0.15) is 29.1 Å². The largest absolute Gasteiger partial charge is 0.350 e. The molecule has 25 heavy (non-hydrogen) atoms. The lowest BCUT2D eigenvalue weighted by molar-refractivity contribution is 0.587. The lowest BCUT2D eigenvalue weighted by atomic mass is 10.1. The second-order valence-corrected chi connectivity index (χ2v) is 7.19. The highest BCUT2D eigenvalue weighted by Gasteiger charge is 2.24. The highest BCUT2D eigenvalue weighted by Crippen LogP contribution is 2.28. The highest BCUT2D eigenvalue weighted by atomic mass is 15.3. The van der Waals surface area contributed by atoms with Crippen molar-refractivity contribution in [2.75, 3.05) is 43.5 Å². The van der Waals surface area contributed by atoms with Gasteiger partial charge in [0.2, 0.25) is 5.95 Å². The predicted molar refractivity (Wildman–Crippen MR) is 99.3 cm³/mol. The summed E-state index contributed by atoms with van der Waals surface area (Å²) in [5.74, 6) is 1.93. The summed E-state index contributed by atoms with van der Waals surface area (Å²) in [6.07, 6.45) is 3.05. The zero-order valence-electron chi connectivity index (χ0n) is 15.4. The third-order valence-electron chi connectivity index (χ3n) is 4.99. The van der Waals surface area contributed by atoms with E-state index in [9.17, 15) is 0 Å². The normalized spacial score (nSPS) is 17.5. The van der Waals surface area contributed by atoms with E-state index in [1.165, 1.54) is 17.0 Å². The van der Waals surface area contributed by atoms with Crippen LogP contribution in [-0.4, -0.2) is 53.5 Å². The number of nitrogens with zero attached hydrogens (tertiary/aromatic N) is 6. The first-order valence-electron chi connectivity index (χ1n) is 9.18. The van der Waals surface area contributed by atoms with Gasteiger partial charge in [0.25, 0.3) is 0 Å². The Morgan fingerprint density at radius 1 is 1.12 bits per heavy atom. The number of nitrogens with one attached hydrogen (secondary N) is 1. The molecule has 0 unspecified atom stereocenters. The van der Waals surface area contributed by atoms with Crippen LogP contribution in [0.2, 0.25) is 0 Å². The van der Waals surface area contributed by atoms with Gasteiger partial charge in [-0.15, -0.1) is 0 Å². The van der Waals surface area contributed by atoms with Crippen molar-refractivity contribution in [2.24, 2.45) is 0 Å². The van der Waals surface area contributed by atoms with Gasteiger partial charge in [0.15, 0.2) is 0 Å². The fraction of sp³-hybridized carbons (Fsp3) is 0.611. The van der Waals surface area contributed by atoms with E-state index in [2.05, 4.69) is 33.0 Å². The lowest BCUT2D eigenvalue weighted by Gasteiger charge is -2.26. The Labute approximate surface area is 149 Å². The van der Waals surface area contributed by atoms with Crippen molar-refractivity contribution in [2.45, 2.75) is 39.3 Å². The number of anilines is 2. The molecular formula is C18H27N7. The fourth-order valence-corrected chi connectivity index (χ4v) is 3.76. The fourth-order valence-electron chi connectivity index (χ4n) is 3.76. The molecule has 2 aromatic heterocycles. The summed E-state index contributed by atoms with van der Waals surface area (Å²) < 4.78 is 2.16. The molecular weight excluding hydrogens is 314 g/mol. The van der Waals surface area contributed by atoms with Crippen LogP contribution in [0.3, 0.4) is 0 Å². The minimum absolute atomic E-state index is 0.810. The number of hydrogen-bond donors (Lipinski definition) is 1. The molecule has 0 aliphatic carbocycles. The van der Waals surface area contributed by atoms with E-state index >= 15 is 0 Å². The van der Waals surface area contributed by atoms with Crippen LogP contribution in [0.4, 0.5) is 11.8 Å². The zero-order chi connectivity index (χ0) is 17.4. The molecule has 2 aliphatic rings. The number of aromatic nitrogens is 4. The Balaban J connectivity index is 1.76. The van der Waals surface area contributed by atoms with Gasteiger partial charge in [0.05, 0.1) is 23.6 Å². The summed E-state index contributed by atoms with van der Waals surface area (Å²) in [6.45, 7) is 6.90. The summed E-state index contributed by atoms with van der Waals surface area (Å²) in [5, 5.41) is 8.12. The molecule has 0 atom stereocenters. The molecule has 7 heteroatoms. The van der Waals surface area contributed by atoms with Gasteiger partial charge in [-0.1, -0.05) is 0 Å².